The van der Waals surface area contributed by atoms with Crippen LogP contribution in [0.2, 0.25) is 0 Å². The van der Waals surface area contributed by atoms with Crippen molar-refractivity contribution in [1.82, 2.24) is 5.32 Å². The molecule has 1 nitrogen and oxygen atoms in total. The predicted molar refractivity (Wildman–Crippen MR) is 94.8 cm³/mol. The minimum Gasteiger partial charge on any atom is -0.313 e. The van der Waals surface area contributed by atoms with Crippen molar-refractivity contribution in [2.45, 2.75) is 102 Å². The summed E-state index contributed by atoms with van der Waals surface area (Å²) in [5.74, 6) is 0. The van der Waals surface area contributed by atoms with Gasteiger partial charge in [-0.25, -0.2) is 0 Å². The summed E-state index contributed by atoms with van der Waals surface area (Å²) in [7, 11) is 0. The maximum Gasteiger partial charge on any atom is 0.0281 e. The predicted octanol–water partition coefficient (Wildman–Crippen LogP) is 5.78. The molecule has 0 heterocycles. The van der Waals surface area contributed by atoms with E-state index in [1.54, 1.807) is 0 Å². The van der Waals surface area contributed by atoms with Crippen LogP contribution < -0.4 is 5.32 Å². The number of hydrogen-bond donors (Lipinski definition) is 1. The molecule has 1 aliphatic carbocycles. The Kier molecular flexibility index (Phi) is 10.1. The average molecular weight is 300 g/mol. The van der Waals surface area contributed by atoms with Crippen LogP contribution in [0.4, 0.5) is 0 Å². The van der Waals surface area contributed by atoms with E-state index in [-0.39, 0.29) is 0 Å². The summed E-state index contributed by atoms with van der Waals surface area (Å²) in [4.78, 5) is 0. The first-order valence-corrected chi connectivity index (χ1v) is 10.3. The van der Waals surface area contributed by atoms with Crippen LogP contribution >= 0.6 is 11.8 Å². The number of thioether (sulfide) groups is 1. The fourth-order valence-electron chi connectivity index (χ4n) is 3.43. The first kappa shape index (κ1) is 18.4. The fraction of sp³-hybridized carbons (Fsp3) is 1.00. The Balaban J connectivity index is 2.33. The smallest absolute Gasteiger partial charge is 0.0281 e. The van der Waals surface area contributed by atoms with E-state index >= 15 is 0 Å². The Morgan fingerprint density at radius 1 is 0.950 bits per heavy atom. The second-order valence-electron chi connectivity index (χ2n) is 6.66. The fourth-order valence-corrected chi connectivity index (χ4v) is 4.36. The van der Waals surface area contributed by atoms with E-state index in [0.29, 0.717) is 4.75 Å². The van der Waals surface area contributed by atoms with Crippen LogP contribution in [-0.4, -0.2) is 23.6 Å². The molecule has 0 aromatic carbocycles. The lowest BCUT2D eigenvalue weighted by molar-refractivity contribution is 0.394. The highest BCUT2D eigenvalue weighted by atomic mass is 32.2. The molecule has 0 bridgehead atoms. The Labute approximate surface area is 132 Å². The van der Waals surface area contributed by atoms with E-state index in [2.05, 4.69) is 37.2 Å². The standard InChI is InChI=1S/C18H37NS/c1-4-6-8-12-17(13-9-7-5-2)19-16-18(20-3)14-10-11-15-18/h17,19H,4-16H2,1-3H3. The third-order valence-electron chi connectivity index (χ3n) is 4.97. The first-order valence-electron chi connectivity index (χ1n) is 9.05. The molecule has 0 amide bonds. The van der Waals surface area contributed by atoms with Crippen molar-refractivity contribution >= 4 is 11.8 Å². The molecule has 0 saturated heterocycles. The lowest BCUT2D eigenvalue weighted by Crippen LogP contribution is -2.40. The number of hydrogen-bond acceptors (Lipinski definition) is 2. The second kappa shape index (κ2) is 11.0. The Hall–Kier alpha value is 0.310. The summed E-state index contributed by atoms with van der Waals surface area (Å²) in [6.07, 6.45) is 19.2. The summed E-state index contributed by atoms with van der Waals surface area (Å²) in [5, 5.41) is 3.95. The van der Waals surface area contributed by atoms with Gasteiger partial charge in [0.2, 0.25) is 0 Å². The summed E-state index contributed by atoms with van der Waals surface area (Å²) in [6, 6.07) is 0.776. The lowest BCUT2D eigenvalue weighted by Gasteiger charge is -2.30. The largest absolute Gasteiger partial charge is 0.313 e. The molecule has 0 aromatic heterocycles. The van der Waals surface area contributed by atoms with Gasteiger partial charge in [0, 0.05) is 17.3 Å². The number of rotatable bonds is 12. The molecule has 0 unspecified atom stereocenters. The normalized spacial score (nSPS) is 18.0. The molecule has 0 radical (unpaired) electrons. The summed E-state index contributed by atoms with van der Waals surface area (Å²) < 4.78 is 0.563. The SMILES string of the molecule is CCCCCC(CCCCC)NCC1(SC)CCCC1. The third kappa shape index (κ3) is 6.85. The van der Waals surface area contributed by atoms with Gasteiger partial charge in [-0.2, -0.15) is 11.8 Å². The maximum absolute atomic E-state index is 3.95. The zero-order valence-electron chi connectivity index (χ0n) is 14.2. The topological polar surface area (TPSA) is 12.0 Å². The van der Waals surface area contributed by atoms with Crippen LogP contribution in [-0.2, 0) is 0 Å². The quantitative estimate of drug-likeness (QED) is 0.458. The molecule has 0 aliphatic heterocycles. The lowest BCUT2D eigenvalue weighted by atomic mass is 10.00. The molecular formula is C18H37NS. The molecule has 1 saturated carbocycles. The van der Waals surface area contributed by atoms with Crippen molar-refractivity contribution < 1.29 is 0 Å². The van der Waals surface area contributed by atoms with E-state index in [4.69, 9.17) is 0 Å². The summed E-state index contributed by atoms with van der Waals surface area (Å²) in [6.45, 7) is 5.86. The summed E-state index contributed by atoms with van der Waals surface area (Å²) >= 11 is 2.12. The molecule has 1 aliphatic rings. The van der Waals surface area contributed by atoms with Crippen LogP contribution in [0.1, 0.15) is 90.9 Å². The summed E-state index contributed by atoms with van der Waals surface area (Å²) in [5.41, 5.74) is 0. The van der Waals surface area contributed by atoms with Gasteiger partial charge in [-0.3, -0.25) is 0 Å². The van der Waals surface area contributed by atoms with Crippen LogP contribution in [0.25, 0.3) is 0 Å². The monoisotopic (exact) mass is 299 g/mol. The minimum absolute atomic E-state index is 0.563. The molecule has 120 valence electrons. The van der Waals surface area contributed by atoms with Gasteiger partial charge in [0.05, 0.1) is 0 Å². The minimum atomic E-state index is 0.563. The average Bonchev–Trinajstić information content (AvgIpc) is 2.94. The Morgan fingerprint density at radius 2 is 1.50 bits per heavy atom. The highest BCUT2D eigenvalue weighted by molar-refractivity contribution is 8.00. The molecule has 0 atom stereocenters. The van der Waals surface area contributed by atoms with Gasteiger partial charge in [0.25, 0.3) is 0 Å². The molecule has 2 heteroatoms. The van der Waals surface area contributed by atoms with E-state index in [9.17, 15) is 0 Å². The van der Waals surface area contributed by atoms with Crippen LogP contribution in [0, 0.1) is 0 Å². The number of unbranched alkanes of at least 4 members (excludes halogenated alkanes) is 4. The van der Waals surface area contributed by atoms with Gasteiger partial charge >= 0.3 is 0 Å². The van der Waals surface area contributed by atoms with Crippen molar-refractivity contribution in [3.05, 3.63) is 0 Å². The molecule has 0 spiro atoms. The Morgan fingerprint density at radius 3 is 1.95 bits per heavy atom. The van der Waals surface area contributed by atoms with E-state index < -0.39 is 0 Å². The highest BCUT2D eigenvalue weighted by Gasteiger charge is 2.33. The Bertz CT molecular complexity index is 213. The zero-order chi connectivity index (χ0) is 14.7. The third-order valence-corrected chi connectivity index (χ3v) is 6.39. The van der Waals surface area contributed by atoms with Crippen molar-refractivity contribution in [3.8, 4) is 0 Å². The molecular weight excluding hydrogens is 262 g/mol. The van der Waals surface area contributed by atoms with Gasteiger partial charge in [-0.1, -0.05) is 65.2 Å². The second-order valence-corrected chi connectivity index (χ2v) is 7.94. The molecule has 1 fully saturated rings. The highest BCUT2D eigenvalue weighted by Crippen LogP contribution is 2.39. The number of nitrogens with one attached hydrogen (secondary N) is 1. The molecule has 1 N–H and O–H groups in total. The van der Waals surface area contributed by atoms with E-state index in [1.807, 2.05) is 0 Å². The van der Waals surface area contributed by atoms with Crippen molar-refractivity contribution in [1.29, 1.82) is 0 Å². The molecule has 1 rings (SSSR count). The first-order chi connectivity index (χ1) is 9.76. The van der Waals surface area contributed by atoms with Crippen molar-refractivity contribution in [2.75, 3.05) is 12.8 Å². The van der Waals surface area contributed by atoms with Gasteiger partial charge in [0.1, 0.15) is 0 Å². The van der Waals surface area contributed by atoms with Crippen LogP contribution in [0.3, 0.4) is 0 Å². The van der Waals surface area contributed by atoms with E-state index in [1.165, 1.54) is 83.6 Å². The molecule has 20 heavy (non-hydrogen) atoms. The maximum atomic E-state index is 3.95. The van der Waals surface area contributed by atoms with Gasteiger partial charge in [-0.05, 0) is 31.9 Å². The van der Waals surface area contributed by atoms with Crippen molar-refractivity contribution in [2.24, 2.45) is 0 Å². The molecule has 0 aromatic rings. The van der Waals surface area contributed by atoms with Crippen molar-refractivity contribution in [3.63, 3.8) is 0 Å². The van der Waals surface area contributed by atoms with Crippen LogP contribution in [0.5, 0.6) is 0 Å². The zero-order valence-corrected chi connectivity index (χ0v) is 15.0. The van der Waals surface area contributed by atoms with Gasteiger partial charge < -0.3 is 5.32 Å². The van der Waals surface area contributed by atoms with Gasteiger partial charge in [-0.15, -0.1) is 0 Å². The van der Waals surface area contributed by atoms with E-state index in [0.717, 1.165) is 6.04 Å². The van der Waals surface area contributed by atoms with Crippen LogP contribution in [0.15, 0.2) is 0 Å². The van der Waals surface area contributed by atoms with Gasteiger partial charge in [0.15, 0.2) is 0 Å².